The van der Waals surface area contributed by atoms with Crippen molar-refractivity contribution in [3.63, 3.8) is 0 Å². The number of rotatable bonds is 4. The Bertz CT molecular complexity index is 609. The molecule has 0 N–H and O–H groups in total. The number of ether oxygens (including phenoxy) is 1. The van der Waals surface area contributed by atoms with E-state index in [0.29, 0.717) is 11.6 Å². The highest BCUT2D eigenvalue weighted by Gasteiger charge is 2.13. The minimum atomic E-state index is 0.682. The van der Waals surface area contributed by atoms with E-state index in [1.807, 2.05) is 24.3 Å². The Labute approximate surface area is 131 Å². The van der Waals surface area contributed by atoms with Crippen LogP contribution in [0.4, 0.5) is 0 Å². The minimum Gasteiger partial charge on any atom is -0.491 e. The van der Waals surface area contributed by atoms with E-state index in [4.69, 9.17) is 16.3 Å². The number of hydrogen-bond acceptors (Lipinski definition) is 3. The Morgan fingerprint density at radius 1 is 1.05 bits per heavy atom. The zero-order chi connectivity index (χ0) is 14.7. The fraction of sp³-hybridized carbons (Fsp3) is 0.412. The second-order valence-electron chi connectivity index (χ2n) is 5.59. The molecule has 4 heteroatoms. The number of piperazine rings is 1. The van der Waals surface area contributed by atoms with Gasteiger partial charge in [0.15, 0.2) is 0 Å². The SMILES string of the molecule is CN1CCN(CCOc2ccc3ccccc3c2Cl)CC1. The van der Waals surface area contributed by atoms with Gasteiger partial charge in [-0.1, -0.05) is 41.9 Å². The molecule has 0 radical (unpaired) electrons. The van der Waals surface area contributed by atoms with Crippen LogP contribution in [0.15, 0.2) is 36.4 Å². The van der Waals surface area contributed by atoms with E-state index in [1.54, 1.807) is 0 Å². The van der Waals surface area contributed by atoms with Gasteiger partial charge in [0, 0.05) is 38.1 Å². The number of likely N-dealkylation sites (N-methyl/N-ethyl adjacent to an activating group) is 1. The van der Waals surface area contributed by atoms with Gasteiger partial charge in [0.2, 0.25) is 0 Å². The van der Waals surface area contributed by atoms with Gasteiger partial charge >= 0.3 is 0 Å². The molecule has 1 heterocycles. The van der Waals surface area contributed by atoms with E-state index < -0.39 is 0 Å². The molecule has 1 fully saturated rings. The van der Waals surface area contributed by atoms with Crippen molar-refractivity contribution in [2.75, 3.05) is 46.4 Å². The topological polar surface area (TPSA) is 15.7 Å². The molecule has 1 saturated heterocycles. The van der Waals surface area contributed by atoms with Crippen molar-refractivity contribution in [3.8, 4) is 5.75 Å². The van der Waals surface area contributed by atoms with Crippen molar-refractivity contribution < 1.29 is 4.74 Å². The monoisotopic (exact) mass is 304 g/mol. The Hall–Kier alpha value is -1.29. The molecule has 1 aliphatic rings. The maximum absolute atomic E-state index is 6.44. The number of halogens is 1. The third-order valence-electron chi connectivity index (χ3n) is 4.09. The molecule has 0 saturated carbocycles. The van der Waals surface area contributed by atoms with Crippen molar-refractivity contribution >= 4 is 22.4 Å². The van der Waals surface area contributed by atoms with E-state index in [9.17, 15) is 0 Å². The lowest BCUT2D eigenvalue weighted by Crippen LogP contribution is -2.45. The molecule has 0 aliphatic carbocycles. The average Bonchev–Trinajstić information content (AvgIpc) is 2.52. The van der Waals surface area contributed by atoms with Crippen molar-refractivity contribution in [3.05, 3.63) is 41.4 Å². The Balaban J connectivity index is 1.59. The summed E-state index contributed by atoms with van der Waals surface area (Å²) in [5, 5.41) is 2.91. The summed E-state index contributed by atoms with van der Waals surface area (Å²) in [6.07, 6.45) is 0. The molecule has 21 heavy (non-hydrogen) atoms. The zero-order valence-electron chi connectivity index (χ0n) is 12.4. The van der Waals surface area contributed by atoms with E-state index >= 15 is 0 Å². The molecule has 1 aliphatic heterocycles. The molecular formula is C17H21ClN2O. The zero-order valence-corrected chi connectivity index (χ0v) is 13.1. The van der Waals surface area contributed by atoms with Gasteiger partial charge in [-0.2, -0.15) is 0 Å². The number of hydrogen-bond donors (Lipinski definition) is 0. The molecule has 0 unspecified atom stereocenters. The fourth-order valence-electron chi connectivity index (χ4n) is 2.68. The molecule has 112 valence electrons. The Kier molecular flexibility index (Phi) is 4.63. The molecule has 2 aromatic rings. The van der Waals surface area contributed by atoms with Gasteiger partial charge in [0.25, 0.3) is 0 Å². The summed E-state index contributed by atoms with van der Waals surface area (Å²) < 4.78 is 5.89. The van der Waals surface area contributed by atoms with E-state index in [1.165, 1.54) is 0 Å². The van der Waals surface area contributed by atoms with Gasteiger partial charge in [-0.3, -0.25) is 4.90 Å². The first-order chi connectivity index (χ1) is 10.2. The van der Waals surface area contributed by atoms with Gasteiger partial charge in [0.1, 0.15) is 12.4 Å². The lowest BCUT2D eigenvalue weighted by atomic mass is 10.1. The summed E-state index contributed by atoms with van der Waals surface area (Å²) in [5.74, 6) is 0.782. The van der Waals surface area contributed by atoms with Crippen LogP contribution in [0.2, 0.25) is 5.02 Å². The quantitative estimate of drug-likeness (QED) is 0.863. The molecular weight excluding hydrogens is 284 g/mol. The third kappa shape index (κ3) is 3.49. The van der Waals surface area contributed by atoms with Crippen molar-refractivity contribution in [1.29, 1.82) is 0 Å². The van der Waals surface area contributed by atoms with Crippen LogP contribution < -0.4 is 4.74 Å². The average molecular weight is 305 g/mol. The normalized spacial score (nSPS) is 17.2. The predicted octanol–water partition coefficient (Wildman–Crippen LogP) is 3.12. The highest BCUT2D eigenvalue weighted by molar-refractivity contribution is 6.37. The van der Waals surface area contributed by atoms with Gasteiger partial charge in [0.05, 0.1) is 5.02 Å². The molecule has 2 aromatic carbocycles. The standard InChI is InChI=1S/C17H21ClN2O/c1-19-8-10-20(11-9-19)12-13-21-16-7-6-14-4-2-3-5-15(14)17(16)18/h2-7H,8-13H2,1H3. The molecule has 3 rings (SSSR count). The van der Waals surface area contributed by atoms with Crippen LogP contribution in [0.5, 0.6) is 5.75 Å². The van der Waals surface area contributed by atoms with Crippen LogP contribution >= 0.6 is 11.6 Å². The molecule has 0 spiro atoms. The Morgan fingerprint density at radius 3 is 2.62 bits per heavy atom. The smallest absolute Gasteiger partial charge is 0.138 e. The van der Waals surface area contributed by atoms with E-state index in [0.717, 1.165) is 49.2 Å². The maximum atomic E-state index is 6.44. The third-order valence-corrected chi connectivity index (χ3v) is 4.48. The van der Waals surface area contributed by atoms with Crippen molar-refractivity contribution in [2.45, 2.75) is 0 Å². The van der Waals surface area contributed by atoms with Crippen molar-refractivity contribution in [1.82, 2.24) is 9.80 Å². The summed E-state index contributed by atoms with van der Waals surface area (Å²) in [7, 11) is 2.17. The molecule has 0 atom stereocenters. The van der Waals surface area contributed by atoms with Gasteiger partial charge in [-0.15, -0.1) is 0 Å². The first-order valence-electron chi connectivity index (χ1n) is 7.45. The summed E-state index contributed by atoms with van der Waals surface area (Å²) in [4.78, 5) is 4.80. The second-order valence-corrected chi connectivity index (χ2v) is 5.97. The van der Waals surface area contributed by atoms with Gasteiger partial charge in [-0.05, 0) is 18.5 Å². The second kappa shape index (κ2) is 6.65. The van der Waals surface area contributed by atoms with Gasteiger partial charge in [-0.25, -0.2) is 0 Å². The number of nitrogens with zero attached hydrogens (tertiary/aromatic N) is 2. The summed E-state index contributed by atoms with van der Waals surface area (Å²) >= 11 is 6.44. The van der Waals surface area contributed by atoms with Crippen LogP contribution in [0, 0.1) is 0 Å². The highest BCUT2D eigenvalue weighted by Crippen LogP contribution is 2.32. The fourth-order valence-corrected chi connectivity index (χ4v) is 2.97. The van der Waals surface area contributed by atoms with Crippen LogP contribution in [-0.2, 0) is 0 Å². The maximum Gasteiger partial charge on any atom is 0.138 e. The van der Waals surface area contributed by atoms with Crippen LogP contribution in [0.25, 0.3) is 10.8 Å². The number of fused-ring (bicyclic) bond motifs is 1. The summed E-state index contributed by atoms with van der Waals surface area (Å²) in [6.45, 7) is 6.14. The van der Waals surface area contributed by atoms with Crippen LogP contribution in [-0.4, -0.2) is 56.2 Å². The van der Waals surface area contributed by atoms with Crippen molar-refractivity contribution in [2.24, 2.45) is 0 Å². The van der Waals surface area contributed by atoms with Crippen LogP contribution in [0.1, 0.15) is 0 Å². The minimum absolute atomic E-state index is 0.682. The highest BCUT2D eigenvalue weighted by atomic mass is 35.5. The van der Waals surface area contributed by atoms with Crippen LogP contribution in [0.3, 0.4) is 0 Å². The van der Waals surface area contributed by atoms with Gasteiger partial charge < -0.3 is 9.64 Å². The molecule has 0 amide bonds. The first-order valence-corrected chi connectivity index (χ1v) is 7.83. The molecule has 0 aromatic heterocycles. The lowest BCUT2D eigenvalue weighted by molar-refractivity contribution is 0.134. The molecule has 3 nitrogen and oxygen atoms in total. The molecule has 0 bridgehead atoms. The van der Waals surface area contributed by atoms with E-state index in [-0.39, 0.29) is 0 Å². The largest absolute Gasteiger partial charge is 0.491 e. The number of benzene rings is 2. The predicted molar refractivity (Wildman–Crippen MR) is 88.4 cm³/mol. The lowest BCUT2D eigenvalue weighted by Gasteiger charge is -2.32. The summed E-state index contributed by atoms with van der Waals surface area (Å²) in [6, 6.07) is 12.1. The first kappa shape index (κ1) is 14.6. The summed E-state index contributed by atoms with van der Waals surface area (Å²) in [5.41, 5.74) is 0. The Morgan fingerprint density at radius 2 is 1.81 bits per heavy atom. The van der Waals surface area contributed by atoms with E-state index in [2.05, 4.69) is 29.0 Å².